The second-order valence-electron chi connectivity index (χ2n) is 2.03. The average molecular weight is 178 g/mol. The molecule has 0 bridgehead atoms. The summed E-state index contributed by atoms with van der Waals surface area (Å²) in [4.78, 5) is 0. The molecule has 0 atom stereocenters. The zero-order chi connectivity index (χ0) is 6.95. The zero-order valence-corrected chi connectivity index (χ0v) is 8.50. The average Bonchev–Trinajstić information content (AvgIpc) is 1.93. The molecule has 0 spiro atoms. The van der Waals surface area contributed by atoms with Crippen LogP contribution in [0.3, 0.4) is 0 Å². The molecule has 0 aliphatic heterocycles. The molecular formula is C6H11Cl2Mg. The third-order valence-electron chi connectivity index (χ3n) is 1.32. The molecule has 0 amide bonds. The van der Waals surface area contributed by atoms with Crippen LogP contribution in [0.5, 0.6) is 0 Å². The van der Waals surface area contributed by atoms with Crippen LogP contribution in [-0.2, 0) is 0 Å². The van der Waals surface area contributed by atoms with Gasteiger partial charge in [-0.25, -0.2) is 0 Å². The van der Waals surface area contributed by atoms with Crippen molar-refractivity contribution in [1.82, 2.24) is 0 Å². The highest BCUT2D eigenvalue weighted by molar-refractivity contribution is 7.22. The molecule has 1 fully saturated rings. The second-order valence-corrected chi connectivity index (χ2v) is 4.65. The van der Waals surface area contributed by atoms with Crippen LogP contribution in [-0.4, -0.2) is 18.2 Å². The highest BCUT2D eigenvalue weighted by Crippen LogP contribution is 2.14. The van der Waals surface area contributed by atoms with E-state index in [4.69, 9.17) is 18.1 Å². The lowest BCUT2D eigenvalue weighted by molar-refractivity contribution is 0.593. The topological polar surface area (TPSA) is 0 Å². The van der Waals surface area contributed by atoms with Gasteiger partial charge >= 0.3 is 18.2 Å². The van der Waals surface area contributed by atoms with E-state index in [1.54, 1.807) is 0 Å². The molecule has 51 valence electrons. The third-order valence-corrected chi connectivity index (χ3v) is 1.32. The van der Waals surface area contributed by atoms with Crippen molar-refractivity contribution in [2.75, 3.05) is 0 Å². The van der Waals surface area contributed by atoms with Gasteiger partial charge in [-0.05, 0) is 6.42 Å². The van der Waals surface area contributed by atoms with Crippen molar-refractivity contribution < 1.29 is 0 Å². The SMILES string of the molecule is [CH]1CCCCC1.[Cl][Mg][Cl]. The number of hydrogen-bond donors (Lipinski definition) is 0. The molecule has 0 saturated heterocycles. The van der Waals surface area contributed by atoms with Crippen LogP contribution in [0, 0.1) is 6.42 Å². The van der Waals surface area contributed by atoms with Crippen molar-refractivity contribution in [2.24, 2.45) is 0 Å². The maximum Gasteiger partial charge on any atom is 0.618 e. The van der Waals surface area contributed by atoms with E-state index in [-0.39, 0.29) is 0 Å². The van der Waals surface area contributed by atoms with Gasteiger partial charge in [-0.3, -0.25) is 0 Å². The Kier molecular flexibility index (Phi) is 10.7. The lowest BCUT2D eigenvalue weighted by Crippen LogP contribution is -1.87. The Morgan fingerprint density at radius 1 is 1.00 bits per heavy atom. The summed E-state index contributed by atoms with van der Waals surface area (Å²) in [6.07, 6.45) is 9.50. The fourth-order valence-electron chi connectivity index (χ4n) is 0.898. The zero-order valence-electron chi connectivity index (χ0n) is 5.58. The summed E-state index contributed by atoms with van der Waals surface area (Å²) >= 11 is -0.639. The van der Waals surface area contributed by atoms with Gasteiger partial charge in [0.25, 0.3) is 0 Å². The Bertz CT molecular complexity index is 34.8. The monoisotopic (exact) mass is 177 g/mol. The third kappa shape index (κ3) is 9.35. The van der Waals surface area contributed by atoms with Crippen molar-refractivity contribution in [3.63, 3.8) is 0 Å². The van der Waals surface area contributed by atoms with Gasteiger partial charge in [0.1, 0.15) is 0 Å². The summed E-state index contributed by atoms with van der Waals surface area (Å²) in [7, 11) is 9.81. The molecule has 0 nitrogen and oxygen atoms in total. The lowest BCUT2D eigenvalue weighted by Gasteiger charge is -2.05. The van der Waals surface area contributed by atoms with Crippen molar-refractivity contribution in [3.05, 3.63) is 6.42 Å². The Balaban J connectivity index is 0.000000187. The minimum Gasteiger partial charge on any atom is -0.309 e. The summed E-state index contributed by atoms with van der Waals surface area (Å²) in [6.45, 7) is 0. The van der Waals surface area contributed by atoms with Crippen LogP contribution in [0.25, 0.3) is 0 Å². The molecule has 0 unspecified atom stereocenters. The van der Waals surface area contributed by atoms with Gasteiger partial charge in [-0.15, -0.1) is 0 Å². The molecule has 0 aromatic heterocycles. The van der Waals surface area contributed by atoms with Gasteiger partial charge in [0, 0.05) is 0 Å². The summed E-state index contributed by atoms with van der Waals surface area (Å²) in [5.74, 6) is 0. The molecule has 0 N–H and O–H groups in total. The van der Waals surface area contributed by atoms with Gasteiger partial charge < -0.3 is 18.1 Å². The van der Waals surface area contributed by atoms with Crippen molar-refractivity contribution in [3.8, 4) is 0 Å². The molecular weight excluding hydrogens is 167 g/mol. The van der Waals surface area contributed by atoms with Gasteiger partial charge in [0.15, 0.2) is 0 Å². The maximum atomic E-state index is 4.90. The minimum atomic E-state index is -0.639. The molecule has 1 aliphatic carbocycles. The predicted octanol–water partition coefficient (Wildman–Crippen LogP) is 3.15. The van der Waals surface area contributed by atoms with E-state index >= 15 is 0 Å². The number of rotatable bonds is 0. The van der Waals surface area contributed by atoms with Crippen LogP contribution in [0.4, 0.5) is 0 Å². The first-order chi connectivity index (χ1) is 4.41. The summed E-state index contributed by atoms with van der Waals surface area (Å²) < 4.78 is 0. The molecule has 9 heavy (non-hydrogen) atoms. The van der Waals surface area contributed by atoms with Crippen molar-refractivity contribution in [1.29, 1.82) is 0 Å². The van der Waals surface area contributed by atoms with Crippen LogP contribution < -0.4 is 0 Å². The smallest absolute Gasteiger partial charge is 0.309 e. The second kappa shape index (κ2) is 9.35. The van der Waals surface area contributed by atoms with E-state index in [9.17, 15) is 0 Å². The van der Waals surface area contributed by atoms with Gasteiger partial charge in [0.2, 0.25) is 0 Å². The minimum absolute atomic E-state index is 0.639. The van der Waals surface area contributed by atoms with Crippen molar-refractivity contribution in [2.45, 2.75) is 32.1 Å². The molecule has 0 aromatic rings. The normalized spacial score (nSPS) is 17.1. The van der Waals surface area contributed by atoms with E-state index in [0.717, 1.165) is 0 Å². The molecule has 1 saturated carbocycles. The lowest BCUT2D eigenvalue weighted by atomic mass is 10.0. The largest absolute Gasteiger partial charge is 0.618 e. The first-order valence-electron chi connectivity index (χ1n) is 3.35. The van der Waals surface area contributed by atoms with Crippen LogP contribution in [0.15, 0.2) is 0 Å². The van der Waals surface area contributed by atoms with Crippen LogP contribution >= 0.6 is 18.1 Å². The Labute approximate surface area is 74.6 Å². The summed E-state index contributed by atoms with van der Waals surface area (Å²) in [5, 5.41) is 0. The maximum absolute atomic E-state index is 4.90. The summed E-state index contributed by atoms with van der Waals surface area (Å²) in [5.41, 5.74) is 0. The van der Waals surface area contributed by atoms with Gasteiger partial charge in [0.05, 0.1) is 0 Å². The Hall–Kier alpha value is 1.35. The van der Waals surface area contributed by atoms with E-state index in [2.05, 4.69) is 6.42 Å². The standard InChI is InChI=1S/C6H11.2ClH.Mg/c1-2-4-6-5-3-1;;;/h1H,2-6H2;2*1H;/q;;;+2/p-2. The van der Waals surface area contributed by atoms with E-state index in [1.165, 1.54) is 32.1 Å². The molecule has 1 aliphatic rings. The Morgan fingerprint density at radius 3 is 1.56 bits per heavy atom. The molecule has 3 heteroatoms. The van der Waals surface area contributed by atoms with Crippen molar-refractivity contribution >= 4 is 36.3 Å². The predicted molar refractivity (Wildman–Crippen MR) is 44.8 cm³/mol. The van der Waals surface area contributed by atoms with E-state index < -0.39 is 18.2 Å². The highest BCUT2D eigenvalue weighted by Gasteiger charge is 1.95. The van der Waals surface area contributed by atoms with Gasteiger partial charge in [-0.1, -0.05) is 32.1 Å². The molecule has 1 rings (SSSR count). The van der Waals surface area contributed by atoms with E-state index in [0.29, 0.717) is 0 Å². The van der Waals surface area contributed by atoms with Crippen LogP contribution in [0.2, 0.25) is 0 Å². The quantitative estimate of drug-likeness (QED) is 0.500. The molecule has 1 radical (unpaired) electrons. The van der Waals surface area contributed by atoms with E-state index in [1.807, 2.05) is 0 Å². The fraction of sp³-hybridized carbons (Fsp3) is 0.833. The first-order valence-corrected chi connectivity index (χ1v) is 7.63. The summed E-state index contributed by atoms with van der Waals surface area (Å²) in [6, 6.07) is 0. The van der Waals surface area contributed by atoms with Crippen LogP contribution in [0.1, 0.15) is 32.1 Å². The highest BCUT2D eigenvalue weighted by atomic mass is 35.6. The Morgan fingerprint density at radius 2 is 1.44 bits per heavy atom. The number of halogens is 2. The number of hydrogen-bond acceptors (Lipinski definition) is 0. The molecule has 0 aromatic carbocycles. The molecule has 0 heterocycles. The first kappa shape index (κ1) is 10.3. The van der Waals surface area contributed by atoms with Gasteiger partial charge in [-0.2, -0.15) is 0 Å². The fourth-order valence-corrected chi connectivity index (χ4v) is 0.898.